The average Bonchev–Trinajstić information content (AvgIpc) is 3.44. The third-order valence-corrected chi connectivity index (χ3v) is 6.36. The number of aromatic amines is 1. The first-order valence-corrected chi connectivity index (χ1v) is 11.7. The predicted octanol–water partition coefficient (Wildman–Crippen LogP) is 3.79. The molecule has 3 aromatic heterocycles. The van der Waals surface area contributed by atoms with Crippen molar-refractivity contribution in [3.63, 3.8) is 0 Å². The first-order valence-electron chi connectivity index (χ1n) is 11.7. The van der Waals surface area contributed by atoms with Gasteiger partial charge in [0, 0.05) is 17.5 Å². The fraction of sp³-hybridized carbons (Fsp3) is 0.400. The molecule has 0 bridgehead atoms. The van der Waals surface area contributed by atoms with E-state index in [1.807, 2.05) is 26.0 Å². The van der Waals surface area contributed by atoms with Gasteiger partial charge in [-0.1, -0.05) is 25.3 Å². The molecule has 4 rings (SSSR count). The van der Waals surface area contributed by atoms with Crippen LogP contribution in [0.5, 0.6) is 0 Å². The molecular formula is C25H31N7O2. The number of pyridine rings is 1. The smallest absolute Gasteiger partial charge is 0.270 e. The number of allylic oxidation sites excluding steroid dienone is 1. The molecule has 0 saturated heterocycles. The number of carbonyl (C=O) groups excluding carboxylic acids is 2. The molecule has 9 nitrogen and oxygen atoms in total. The number of H-pyrrole nitrogens is 1. The van der Waals surface area contributed by atoms with Crippen molar-refractivity contribution >= 4 is 17.5 Å². The number of amides is 2. The quantitative estimate of drug-likeness (QED) is 0.441. The Morgan fingerprint density at radius 3 is 2.68 bits per heavy atom. The Morgan fingerprint density at radius 2 is 2.03 bits per heavy atom. The summed E-state index contributed by atoms with van der Waals surface area (Å²) in [7, 11) is 0. The van der Waals surface area contributed by atoms with Crippen LogP contribution in [-0.4, -0.2) is 42.8 Å². The van der Waals surface area contributed by atoms with Gasteiger partial charge in [0.2, 0.25) is 5.91 Å². The Balaban J connectivity index is 1.51. The van der Waals surface area contributed by atoms with Gasteiger partial charge >= 0.3 is 0 Å². The summed E-state index contributed by atoms with van der Waals surface area (Å²) in [6.45, 7) is 8.00. The second-order valence-corrected chi connectivity index (χ2v) is 8.77. The van der Waals surface area contributed by atoms with Gasteiger partial charge in [0.15, 0.2) is 0 Å². The van der Waals surface area contributed by atoms with Gasteiger partial charge in [0.05, 0.1) is 29.8 Å². The number of nitrogens with zero attached hydrogens (tertiary/aromatic N) is 4. The van der Waals surface area contributed by atoms with Crippen molar-refractivity contribution in [3.8, 4) is 11.3 Å². The maximum absolute atomic E-state index is 13.3. The van der Waals surface area contributed by atoms with Crippen LogP contribution >= 0.6 is 0 Å². The van der Waals surface area contributed by atoms with Gasteiger partial charge in [0.25, 0.3) is 5.91 Å². The second kappa shape index (κ2) is 10.5. The van der Waals surface area contributed by atoms with Gasteiger partial charge in [-0.15, -0.1) is 6.58 Å². The molecule has 1 aliphatic carbocycles. The van der Waals surface area contributed by atoms with Crippen LogP contribution in [0.15, 0.2) is 43.2 Å². The van der Waals surface area contributed by atoms with Crippen LogP contribution < -0.4 is 10.6 Å². The lowest BCUT2D eigenvalue weighted by molar-refractivity contribution is -0.119. The zero-order valence-electron chi connectivity index (χ0n) is 19.7. The zero-order chi connectivity index (χ0) is 24.1. The molecule has 0 unspecified atom stereocenters. The molecule has 2 amide bonds. The topological polar surface area (TPSA) is 118 Å². The van der Waals surface area contributed by atoms with Crippen LogP contribution in [0, 0.1) is 19.8 Å². The van der Waals surface area contributed by atoms with Crippen molar-refractivity contribution in [3.05, 3.63) is 60.3 Å². The van der Waals surface area contributed by atoms with Gasteiger partial charge < -0.3 is 10.6 Å². The summed E-state index contributed by atoms with van der Waals surface area (Å²) in [6, 6.07) is 4.70. The van der Waals surface area contributed by atoms with Gasteiger partial charge in [-0.2, -0.15) is 10.2 Å². The maximum atomic E-state index is 13.3. The van der Waals surface area contributed by atoms with E-state index in [0.29, 0.717) is 17.9 Å². The van der Waals surface area contributed by atoms with Crippen molar-refractivity contribution in [1.82, 2.24) is 30.3 Å². The molecule has 1 atom stereocenters. The van der Waals surface area contributed by atoms with Gasteiger partial charge in [0.1, 0.15) is 11.7 Å². The largest absolute Gasteiger partial charge is 0.339 e. The average molecular weight is 462 g/mol. The summed E-state index contributed by atoms with van der Waals surface area (Å²) in [5.41, 5.74) is 4.55. The highest BCUT2D eigenvalue weighted by atomic mass is 16.2. The summed E-state index contributed by atoms with van der Waals surface area (Å²) in [6.07, 6.45) is 9.96. The maximum Gasteiger partial charge on any atom is 0.270 e. The number of carbonyl (C=O) groups is 2. The van der Waals surface area contributed by atoms with Gasteiger partial charge in [-0.25, -0.2) is 0 Å². The normalized spacial score (nSPS) is 15.0. The summed E-state index contributed by atoms with van der Waals surface area (Å²) < 4.78 is 1.57. The Morgan fingerprint density at radius 1 is 1.24 bits per heavy atom. The molecule has 178 valence electrons. The molecule has 1 fully saturated rings. The summed E-state index contributed by atoms with van der Waals surface area (Å²) in [5.74, 6) is -0.471. The fourth-order valence-electron chi connectivity index (χ4n) is 4.64. The van der Waals surface area contributed by atoms with Gasteiger partial charge in [-0.05, 0) is 50.8 Å². The van der Waals surface area contributed by atoms with Crippen LogP contribution in [0.1, 0.15) is 54.0 Å². The minimum Gasteiger partial charge on any atom is -0.339 e. The van der Waals surface area contributed by atoms with E-state index < -0.39 is 6.04 Å². The SMILES string of the molecule is C=CCn1nccc1C(=O)N[C@H](C(=O)Nc1ccc(-c2c(C)n[nH]c2C)nc1)C1CCCCC1. The predicted molar refractivity (Wildman–Crippen MR) is 130 cm³/mol. The second-order valence-electron chi connectivity index (χ2n) is 8.77. The van der Waals surface area contributed by atoms with E-state index >= 15 is 0 Å². The Bertz CT molecular complexity index is 1140. The highest BCUT2D eigenvalue weighted by Gasteiger charge is 2.32. The molecular weight excluding hydrogens is 430 g/mol. The highest BCUT2D eigenvalue weighted by Crippen LogP contribution is 2.28. The molecule has 0 spiro atoms. The third-order valence-electron chi connectivity index (χ3n) is 6.36. The minimum absolute atomic E-state index is 0.0805. The number of anilines is 1. The van der Waals surface area contributed by atoms with Crippen LogP contribution in [-0.2, 0) is 11.3 Å². The van der Waals surface area contributed by atoms with Crippen LogP contribution in [0.3, 0.4) is 0 Å². The standard InChI is InChI=1S/C25H31N7O2/c1-4-14-32-21(12-13-27-32)24(33)29-23(18-8-6-5-7-9-18)25(34)28-19-10-11-20(26-15-19)22-16(2)30-31-17(22)3/h4,10-13,15,18,23H,1,5-9,14H2,2-3H3,(H,28,34)(H,29,33)(H,30,31)/t23-/m0/s1. The lowest BCUT2D eigenvalue weighted by Crippen LogP contribution is -2.49. The first kappa shape index (κ1) is 23.4. The summed E-state index contributed by atoms with van der Waals surface area (Å²) in [4.78, 5) is 30.9. The van der Waals surface area contributed by atoms with Crippen LogP contribution in [0.2, 0.25) is 0 Å². The Kier molecular flexibility index (Phi) is 7.20. The van der Waals surface area contributed by atoms with E-state index in [-0.39, 0.29) is 17.7 Å². The van der Waals surface area contributed by atoms with Crippen molar-refractivity contribution in [2.45, 2.75) is 58.5 Å². The van der Waals surface area contributed by atoms with Gasteiger partial charge in [-0.3, -0.25) is 24.4 Å². The van der Waals surface area contributed by atoms with Crippen molar-refractivity contribution in [1.29, 1.82) is 0 Å². The molecule has 0 aliphatic heterocycles. The van der Waals surface area contributed by atoms with E-state index in [2.05, 4.69) is 37.5 Å². The number of nitrogens with one attached hydrogen (secondary N) is 3. The lowest BCUT2D eigenvalue weighted by Gasteiger charge is -2.30. The Hall–Kier alpha value is -3.75. The summed E-state index contributed by atoms with van der Waals surface area (Å²) in [5, 5.41) is 17.3. The van der Waals surface area contributed by atoms with E-state index in [1.165, 1.54) is 0 Å². The van der Waals surface area contributed by atoms with Crippen LogP contribution in [0.25, 0.3) is 11.3 Å². The highest BCUT2D eigenvalue weighted by molar-refractivity contribution is 6.00. The molecule has 3 N–H and O–H groups in total. The van der Waals surface area contributed by atoms with E-state index in [1.54, 1.807) is 29.2 Å². The van der Waals surface area contributed by atoms with Crippen molar-refractivity contribution in [2.24, 2.45) is 5.92 Å². The number of rotatable bonds is 8. The first-order chi connectivity index (χ1) is 16.5. The number of aromatic nitrogens is 5. The third kappa shape index (κ3) is 5.08. The Labute approximate surface area is 199 Å². The monoisotopic (exact) mass is 461 g/mol. The molecule has 34 heavy (non-hydrogen) atoms. The van der Waals surface area contributed by atoms with E-state index in [4.69, 9.17) is 0 Å². The molecule has 3 heterocycles. The van der Waals surface area contributed by atoms with E-state index in [0.717, 1.165) is 54.7 Å². The molecule has 1 aliphatic rings. The molecule has 0 radical (unpaired) electrons. The molecule has 3 aromatic rings. The molecule has 1 saturated carbocycles. The lowest BCUT2D eigenvalue weighted by atomic mass is 9.83. The number of hydrogen-bond acceptors (Lipinski definition) is 5. The van der Waals surface area contributed by atoms with Crippen molar-refractivity contribution in [2.75, 3.05) is 5.32 Å². The number of hydrogen-bond donors (Lipinski definition) is 3. The zero-order valence-corrected chi connectivity index (χ0v) is 19.7. The molecule has 0 aromatic carbocycles. The fourth-order valence-corrected chi connectivity index (χ4v) is 4.64. The van der Waals surface area contributed by atoms with Crippen LogP contribution in [0.4, 0.5) is 5.69 Å². The number of aryl methyl sites for hydroxylation is 2. The van der Waals surface area contributed by atoms with E-state index in [9.17, 15) is 9.59 Å². The summed E-state index contributed by atoms with van der Waals surface area (Å²) >= 11 is 0. The molecule has 9 heteroatoms. The minimum atomic E-state index is -0.641. The van der Waals surface area contributed by atoms with Crippen molar-refractivity contribution < 1.29 is 9.59 Å².